The quantitative estimate of drug-likeness (QED) is 0.0222. The standard InChI is InChI=1S/C63H122O17P2/c1-6-9-12-15-17-18-19-20-21-22-26-29-33-37-42-47-61(66)74-53-59(80-63(68)49-44-39-34-30-27-24-23-25-28-32-36-40-45-56(4)5)55-78-82(71,72)76-51-57(64)50-75-81(69,70)77-54-58(52-73-60(65)46-41-35-14-11-8-3)79-62(67)48-43-38-31-16-13-10-7-2/h56-59,64H,6-55H2,1-5H3,(H,69,70)(H,71,72)/t57-,58+,59+/m0/s1. The summed E-state index contributed by atoms with van der Waals surface area (Å²) in [6, 6.07) is 0. The van der Waals surface area contributed by atoms with Crippen LogP contribution in [-0.2, 0) is 65.4 Å². The van der Waals surface area contributed by atoms with E-state index in [2.05, 4.69) is 34.6 Å². The maximum Gasteiger partial charge on any atom is 0.472 e. The Bertz CT molecular complexity index is 1600. The number of hydrogen-bond acceptors (Lipinski definition) is 15. The molecule has 0 rings (SSSR count). The maximum absolute atomic E-state index is 13.0. The van der Waals surface area contributed by atoms with Crippen molar-refractivity contribution in [3.63, 3.8) is 0 Å². The Kier molecular flexibility index (Phi) is 55.5. The summed E-state index contributed by atoms with van der Waals surface area (Å²) < 4.78 is 67.7. The number of ether oxygens (including phenoxy) is 4. The number of esters is 4. The molecule has 0 heterocycles. The van der Waals surface area contributed by atoms with Crippen LogP contribution >= 0.6 is 15.6 Å². The predicted octanol–water partition coefficient (Wildman–Crippen LogP) is 17.4. The Morgan fingerprint density at radius 3 is 0.829 bits per heavy atom. The average molecular weight is 1210 g/mol. The van der Waals surface area contributed by atoms with Crippen molar-refractivity contribution >= 4 is 39.5 Å². The third-order valence-electron chi connectivity index (χ3n) is 14.5. The Morgan fingerprint density at radius 2 is 0.561 bits per heavy atom. The van der Waals surface area contributed by atoms with Crippen LogP contribution in [0.15, 0.2) is 0 Å². The molecule has 82 heavy (non-hydrogen) atoms. The molecule has 0 radical (unpaired) electrons. The number of unbranched alkanes of at least 4 members (excludes halogenated alkanes) is 35. The second-order valence-electron chi connectivity index (χ2n) is 23.3. The van der Waals surface area contributed by atoms with Crippen LogP contribution in [0.1, 0.15) is 317 Å². The summed E-state index contributed by atoms with van der Waals surface area (Å²) in [5.74, 6) is -1.37. The van der Waals surface area contributed by atoms with E-state index in [1.165, 1.54) is 122 Å². The minimum Gasteiger partial charge on any atom is -0.462 e. The van der Waals surface area contributed by atoms with Crippen LogP contribution in [0, 0.1) is 5.92 Å². The first-order valence-corrected chi connectivity index (χ1v) is 36.1. The summed E-state index contributed by atoms with van der Waals surface area (Å²) >= 11 is 0. The number of phosphoric ester groups is 2. The van der Waals surface area contributed by atoms with Crippen molar-refractivity contribution in [1.29, 1.82) is 0 Å². The van der Waals surface area contributed by atoms with Gasteiger partial charge in [-0.3, -0.25) is 37.3 Å². The SMILES string of the molecule is CCCCCCCCCCCCCCCCCC(=O)OC[C@H](COP(=O)(O)OC[C@@H](O)COP(=O)(O)OC[C@@H](COC(=O)CCCCCCC)OC(=O)CCCCCCCCC)OC(=O)CCCCCCCCCCCCCCC(C)C. The number of aliphatic hydroxyl groups excluding tert-OH is 1. The lowest BCUT2D eigenvalue weighted by atomic mass is 10.0. The maximum atomic E-state index is 13.0. The van der Waals surface area contributed by atoms with Crippen molar-refractivity contribution in [2.24, 2.45) is 5.92 Å². The molecular formula is C63H122O17P2. The molecule has 486 valence electrons. The van der Waals surface area contributed by atoms with E-state index >= 15 is 0 Å². The van der Waals surface area contributed by atoms with Crippen molar-refractivity contribution in [1.82, 2.24) is 0 Å². The number of hydrogen-bond donors (Lipinski definition) is 3. The Hall–Kier alpha value is -1.94. The van der Waals surface area contributed by atoms with Gasteiger partial charge in [0.15, 0.2) is 12.2 Å². The highest BCUT2D eigenvalue weighted by atomic mass is 31.2. The van der Waals surface area contributed by atoms with E-state index in [1.807, 2.05) is 0 Å². The summed E-state index contributed by atoms with van der Waals surface area (Å²) in [5, 5.41) is 10.5. The Balaban J connectivity index is 5.14. The van der Waals surface area contributed by atoms with Gasteiger partial charge in [-0.1, -0.05) is 266 Å². The molecule has 0 aliphatic carbocycles. The zero-order chi connectivity index (χ0) is 60.6. The molecule has 0 aliphatic rings. The molecule has 0 fully saturated rings. The normalized spacial score (nSPS) is 14.3. The number of phosphoric acid groups is 2. The Labute approximate surface area is 498 Å². The molecule has 0 spiro atoms. The molecular weight excluding hydrogens is 1090 g/mol. The van der Waals surface area contributed by atoms with E-state index in [9.17, 15) is 43.2 Å². The van der Waals surface area contributed by atoms with E-state index in [-0.39, 0.29) is 25.7 Å². The molecule has 0 bridgehead atoms. The van der Waals surface area contributed by atoms with E-state index in [0.717, 1.165) is 115 Å². The molecule has 0 aromatic rings. The van der Waals surface area contributed by atoms with Gasteiger partial charge in [0.2, 0.25) is 0 Å². The molecule has 19 heteroatoms. The molecule has 5 atom stereocenters. The van der Waals surface area contributed by atoms with Crippen molar-refractivity contribution in [2.45, 2.75) is 335 Å². The smallest absolute Gasteiger partial charge is 0.462 e. The topological polar surface area (TPSA) is 237 Å². The van der Waals surface area contributed by atoms with Crippen LogP contribution in [0.5, 0.6) is 0 Å². The van der Waals surface area contributed by atoms with Crippen LogP contribution in [0.2, 0.25) is 0 Å². The van der Waals surface area contributed by atoms with Gasteiger partial charge in [-0.05, 0) is 31.6 Å². The molecule has 0 saturated heterocycles. The third kappa shape index (κ3) is 57.2. The van der Waals surface area contributed by atoms with Gasteiger partial charge in [0.1, 0.15) is 19.3 Å². The Morgan fingerprint density at radius 1 is 0.329 bits per heavy atom. The van der Waals surface area contributed by atoms with Crippen molar-refractivity contribution in [2.75, 3.05) is 39.6 Å². The monoisotopic (exact) mass is 1210 g/mol. The highest BCUT2D eigenvalue weighted by molar-refractivity contribution is 7.47. The molecule has 0 aliphatic heterocycles. The van der Waals surface area contributed by atoms with Gasteiger partial charge >= 0.3 is 39.5 Å². The van der Waals surface area contributed by atoms with Crippen molar-refractivity contribution in [3.05, 3.63) is 0 Å². The summed E-state index contributed by atoms with van der Waals surface area (Å²) in [6.07, 6.45) is 40.8. The number of aliphatic hydroxyl groups is 1. The molecule has 0 amide bonds. The lowest BCUT2D eigenvalue weighted by Crippen LogP contribution is -2.30. The first-order chi connectivity index (χ1) is 39.5. The van der Waals surface area contributed by atoms with Crippen LogP contribution < -0.4 is 0 Å². The first-order valence-electron chi connectivity index (χ1n) is 33.1. The van der Waals surface area contributed by atoms with Crippen LogP contribution in [0.4, 0.5) is 0 Å². The average Bonchev–Trinajstić information content (AvgIpc) is 3.44. The lowest BCUT2D eigenvalue weighted by Gasteiger charge is -2.21. The predicted molar refractivity (Wildman–Crippen MR) is 326 cm³/mol. The number of carbonyl (C=O) groups is 4. The molecule has 0 aromatic carbocycles. The summed E-state index contributed by atoms with van der Waals surface area (Å²) in [5.41, 5.74) is 0. The zero-order valence-corrected chi connectivity index (χ0v) is 54.4. The molecule has 3 N–H and O–H groups in total. The van der Waals surface area contributed by atoms with E-state index in [1.54, 1.807) is 0 Å². The van der Waals surface area contributed by atoms with Crippen molar-refractivity contribution < 1.29 is 80.2 Å². The van der Waals surface area contributed by atoms with Gasteiger partial charge < -0.3 is 33.8 Å². The molecule has 0 aromatic heterocycles. The number of rotatable bonds is 63. The van der Waals surface area contributed by atoms with Gasteiger partial charge in [0.05, 0.1) is 26.4 Å². The largest absolute Gasteiger partial charge is 0.472 e. The van der Waals surface area contributed by atoms with E-state index < -0.39 is 97.5 Å². The minimum atomic E-state index is -4.94. The lowest BCUT2D eigenvalue weighted by molar-refractivity contribution is -0.161. The summed E-state index contributed by atoms with van der Waals surface area (Å²) in [6.45, 7) is 7.07. The summed E-state index contributed by atoms with van der Waals surface area (Å²) in [7, 11) is -9.87. The van der Waals surface area contributed by atoms with Crippen LogP contribution in [-0.4, -0.2) is 96.7 Å². The van der Waals surface area contributed by atoms with Gasteiger partial charge in [-0.25, -0.2) is 9.13 Å². The fourth-order valence-electron chi connectivity index (χ4n) is 9.41. The van der Waals surface area contributed by atoms with E-state index in [4.69, 9.17) is 37.0 Å². The zero-order valence-electron chi connectivity index (χ0n) is 52.6. The molecule has 2 unspecified atom stereocenters. The number of carbonyl (C=O) groups excluding carboxylic acids is 4. The highest BCUT2D eigenvalue weighted by Gasteiger charge is 2.30. The van der Waals surface area contributed by atoms with Gasteiger partial charge in [-0.15, -0.1) is 0 Å². The van der Waals surface area contributed by atoms with Gasteiger partial charge in [-0.2, -0.15) is 0 Å². The second-order valence-corrected chi connectivity index (χ2v) is 26.2. The molecule has 0 saturated carbocycles. The van der Waals surface area contributed by atoms with Crippen LogP contribution in [0.25, 0.3) is 0 Å². The van der Waals surface area contributed by atoms with Crippen LogP contribution in [0.3, 0.4) is 0 Å². The van der Waals surface area contributed by atoms with Crippen molar-refractivity contribution in [3.8, 4) is 0 Å². The minimum absolute atomic E-state index is 0.103. The van der Waals surface area contributed by atoms with Gasteiger partial charge in [0.25, 0.3) is 0 Å². The van der Waals surface area contributed by atoms with Gasteiger partial charge in [0, 0.05) is 25.7 Å². The molecule has 17 nitrogen and oxygen atoms in total. The third-order valence-corrected chi connectivity index (χ3v) is 16.4. The fraction of sp³-hybridized carbons (Fsp3) is 0.937. The van der Waals surface area contributed by atoms with E-state index in [0.29, 0.717) is 25.7 Å². The first kappa shape index (κ1) is 80.1. The fourth-order valence-corrected chi connectivity index (χ4v) is 11.0. The second kappa shape index (κ2) is 56.8. The summed E-state index contributed by atoms with van der Waals surface area (Å²) in [4.78, 5) is 71.8. The highest BCUT2D eigenvalue weighted by Crippen LogP contribution is 2.45.